The molecule has 1 heterocycles. The zero-order valence-corrected chi connectivity index (χ0v) is 12.9. The van der Waals surface area contributed by atoms with Crippen LogP contribution in [0.4, 0.5) is 0 Å². The number of aromatic hydroxyl groups is 1. The molecule has 0 bridgehead atoms. The second-order valence-corrected chi connectivity index (χ2v) is 5.09. The normalized spacial score (nSPS) is 10.2. The largest absolute Gasteiger partial charge is 0.508 e. The van der Waals surface area contributed by atoms with Gasteiger partial charge in [0.25, 0.3) is 0 Å². The molecule has 1 aromatic rings. The number of fused-ring (bicyclic) bond motifs is 2. The van der Waals surface area contributed by atoms with Gasteiger partial charge in [0.05, 0.1) is 6.42 Å². The molecule has 1 aliphatic carbocycles. The van der Waals surface area contributed by atoms with Crippen molar-refractivity contribution >= 4 is 22.9 Å². The highest BCUT2D eigenvalue weighted by molar-refractivity contribution is 5.80. The van der Waals surface area contributed by atoms with E-state index in [1.807, 2.05) is 0 Å². The molecule has 0 saturated carbocycles. The molecule has 0 saturated heterocycles. The molecule has 7 heteroatoms. The van der Waals surface area contributed by atoms with E-state index in [1.165, 1.54) is 25.1 Å². The van der Waals surface area contributed by atoms with Gasteiger partial charge in [0.15, 0.2) is 16.8 Å². The molecule has 0 atom stereocenters. The summed E-state index contributed by atoms with van der Waals surface area (Å²) in [5.41, 5.74) is 1.59. The van der Waals surface area contributed by atoms with Crippen molar-refractivity contribution in [2.75, 3.05) is 0 Å². The van der Waals surface area contributed by atoms with Gasteiger partial charge >= 0.3 is 5.97 Å². The molecule has 0 fully saturated rings. The molecule has 2 aliphatic rings. The molecule has 1 aliphatic heterocycles. The second kappa shape index (κ2) is 7.36. The third-order valence-corrected chi connectivity index (χ3v) is 3.03. The van der Waals surface area contributed by atoms with Crippen LogP contribution < -0.4 is 5.43 Å². The summed E-state index contributed by atoms with van der Waals surface area (Å²) >= 11 is 0. The Morgan fingerprint density at radius 1 is 1.12 bits per heavy atom. The fourth-order valence-corrected chi connectivity index (χ4v) is 1.88. The molecule has 24 heavy (non-hydrogen) atoms. The standard InChI is InChI=1S/C12H7NO3.C5H8O3/c14-7-1-3-9-11(5-7)16-12-6-8(15)2-4-10(12)13-9;1-4(6)2-3-5(7)8/h1-6,14H;2-3H2,1H3,(H,7,8). The Kier molecular flexibility index (Phi) is 5.26. The summed E-state index contributed by atoms with van der Waals surface area (Å²) in [6.45, 7) is 1.38. The number of aliphatic carboxylic acids is 1. The van der Waals surface area contributed by atoms with Gasteiger partial charge in [-0.15, -0.1) is 0 Å². The summed E-state index contributed by atoms with van der Waals surface area (Å²) in [4.78, 5) is 35.3. The van der Waals surface area contributed by atoms with Gasteiger partial charge in [0.2, 0.25) is 0 Å². The first-order valence-electron chi connectivity index (χ1n) is 7.10. The molecule has 0 unspecified atom stereocenters. The van der Waals surface area contributed by atoms with Crippen molar-refractivity contribution < 1.29 is 24.2 Å². The van der Waals surface area contributed by atoms with Crippen LogP contribution in [0.15, 0.2) is 45.6 Å². The van der Waals surface area contributed by atoms with Gasteiger partial charge in [-0.05, 0) is 31.2 Å². The smallest absolute Gasteiger partial charge is 0.303 e. The van der Waals surface area contributed by atoms with E-state index in [4.69, 9.17) is 9.52 Å². The topological polar surface area (TPSA) is 118 Å². The number of aromatic nitrogens is 1. The number of phenolic OH excluding ortho intramolecular Hbond substituents is 1. The molecule has 1 aromatic carbocycles. The molecule has 0 amide bonds. The Morgan fingerprint density at radius 3 is 2.50 bits per heavy atom. The number of phenols is 1. The minimum atomic E-state index is -0.916. The number of carbonyl (C=O) groups excluding carboxylic acids is 1. The van der Waals surface area contributed by atoms with Gasteiger partial charge in [-0.25, -0.2) is 4.98 Å². The fraction of sp³-hybridized carbons (Fsp3) is 0.176. The van der Waals surface area contributed by atoms with Crippen LogP contribution in [0.25, 0.3) is 22.6 Å². The van der Waals surface area contributed by atoms with Gasteiger partial charge < -0.3 is 19.4 Å². The third kappa shape index (κ3) is 4.64. The van der Waals surface area contributed by atoms with Gasteiger partial charge in [0.1, 0.15) is 22.7 Å². The first-order valence-corrected chi connectivity index (χ1v) is 7.10. The molecule has 0 radical (unpaired) electrons. The lowest BCUT2D eigenvalue weighted by Gasteiger charge is -2.05. The van der Waals surface area contributed by atoms with Crippen LogP contribution in [0.3, 0.4) is 0 Å². The van der Waals surface area contributed by atoms with E-state index < -0.39 is 5.97 Å². The highest BCUT2D eigenvalue weighted by Gasteiger charge is 2.09. The van der Waals surface area contributed by atoms with Crippen molar-refractivity contribution in [3.8, 4) is 17.2 Å². The number of ketones is 1. The van der Waals surface area contributed by atoms with Crippen LogP contribution in [-0.2, 0) is 9.59 Å². The van der Waals surface area contributed by atoms with E-state index in [1.54, 1.807) is 18.2 Å². The summed E-state index contributed by atoms with van der Waals surface area (Å²) < 4.78 is 5.49. The lowest BCUT2D eigenvalue weighted by Crippen LogP contribution is -1.99. The predicted molar refractivity (Wildman–Crippen MR) is 86.1 cm³/mol. The Balaban J connectivity index is 0.000000224. The minimum Gasteiger partial charge on any atom is -0.508 e. The first-order chi connectivity index (χ1) is 11.3. The number of rotatable bonds is 3. The summed E-state index contributed by atoms with van der Waals surface area (Å²) in [5, 5.41) is 17.3. The van der Waals surface area contributed by atoms with Crippen molar-refractivity contribution in [1.29, 1.82) is 0 Å². The average Bonchev–Trinajstić information content (AvgIpc) is 2.51. The highest BCUT2D eigenvalue weighted by Crippen LogP contribution is 2.25. The van der Waals surface area contributed by atoms with Crippen LogP contribution in [-0.4, -0.2) is 26.9 Å². The molecule has 7 nitrogen and oxygen atoms in total. The summed E-state index contributed by atoms with van der Waals surface area (Å²) in [7, 11) is 0. The van der Waals surface area contributed by atoms with Gasteiger partial charge in [-0.3, -0.25) is 9.59 Å². The van der Waals surface area contributed by atoms with Crippen molar-refractivity contribution in [2.24, 2.45) is 0 Å². The van der Waals surface area contributed by atoms with E-state index in [2.05, 4.69) is 4.98 Å². The number of carboxylic acid groups (broad SMARTS) is 1. The van der Waals surface area contributed by atoms with Gasteiger partial charge in [-0.1, -0.05) is 0 Å². The lowest BCUT2D eigenvalue weighted by atomic mass is 10.2. The maximum Gasteiger partial charge on any atom is 0.303 e. The SMILES string of the molecule is CC(=O)CCC(=O)O.O=c1ccc2nc3ccc(O)cc3oc-2c1. The Bertz CT molecular complexity index is 900. The Hall–Kier alpha value is -3.22. The molecule has 2 N–H and O–H groups in total. The van der Waals surface area contributed by atoms with E-state index >= 15 is 0 Å². The van der Waals surface area contributed by atoms with E-state index in [-0.39, 0.29) is 29.8 Å². The summed E-state index contributed by atoms with van der Waals surface area (Å²) in [5.74, 6) is -0.464. The molecule has 3 rings (SSSR count). The number of benzene rings is 2. The van der Waals surface area contributed by atoms with Crippen molar-refractivity contribution in [2.45, 2.75) is 19.8 Å². The monoisotopic (exact) mass is 329 g/mol. The third-order valence-electron chi connectivity index (χ3n) is 3.03. The van der Waals surface area contributed by atoms with Crippen molar-refractivity contribution in [1.82, 2.24) is 4.98 Å². The molecule has 124 valence electrons. The number of hydrogen-bond acceptors (Lipinski definition) is 6. The molecule has 0 aromatic heterocycles. The van der Waals surface area contributed by atoms with E-state index in [0.29, 0.717) is 22.6 Å². The number of hydrogen-bond donors (Lipinski definition) is 2. The molecular weight excluding hydrogens is 314 g/mol. The van der Waals surface area contributed by atoms with Crippen LogP contribution in [0.5, 0.6) is 5.75 Å². The quantitative estimate of drug-likeness (QED) is 0.708. The van der Waals surface area contributed by atoms with Crippen LogP contribution >= 0.6 is 0 Å². The summed E-state index contributed by atoms with van der Waals surface area (Å²) in [6, 6.07) is 9.12. The number of nitrogens with zero attached hydrogens (tertiary/aromatic N) is 1. The van der Waals surface area contributed by atoms with Gasteiger partial charge in [-0.2, -0.15) is 0 Å². The summed E-state index contributed by atoms with van der Waals surface area (Å²) in [6.07, 6.45) is 0.102. The number of carboxylic acids is 1. The predicted octanol–water partition coefficient (Wildman–Crippen LogP) is 2.44. The lowest BCUT2D eigenvalue weighted by molar-refractivity contribution is -0.138. The zero-order chi connectivity index (χ0) is 17.7. The van der Waals surface area contributed by atoms with Crippen molar-refractivity contribution in [3.63, 3.8) is 0 Å². The fourth-order valence-electron chi connectivity index (χ4n) is 1.88. The highest BCUT2D eigenvalue weighted by atomic mass is 16.4. The molecular formula is C17H15NO6. The Morgan fingerprint density at radius 2 is 1.88 bits per heavy atom. The van der Waals surface area contributed by atoms with E-state index in [0.717, 1.165) is 0 Å². The van der Waals surface area contributed by atoms with Crippen molar-refractivity contribution in [3.05, 3.63) is 46.6 Å². The van der Waals surface area contributed by atoms with E-state index in [9.17, 15) is 19.5 Å². The first kappa shape index (κ1) is 17.1. The zero-order valence-electron chi connectivity index (χ0n) is 12.9. The maximum atomic E-state index is 11.1. The molecule has 0 spiro atoms. The van der Waals surface area contributed by atoms with Gasteiger partial charge in [0, 0.05) is 18.6 Å². The van der Waals surface area contributed by atoms with Crippen LogP contribution in [0.2, 0.25) is 0 Å². The van der Waals surface area contributed by atoms with Crippen LogP contribution in [0.1, 0.15) is 19.8 Å². The number of carbonyl (C=O) groups is 2. The van der Waals surface area contributed by atoms with Crippen LogP contribution in [0, 0.1) is 0 Å². The minimum absolute atomic E-state index is 0.0463. The average molecular weight is 329 g/mol. The number of Topliss-reactive ketones (excluding diaryl/α,β-unsaturated/α-hetero) is 1. The second-order valence-electron chi connectivity index (χ2n) is 5.09. The maximum absolute atomic E-state index is 11.1. The Labute approximate surface area is 136 Å².